The van der Waals surface area contributed by atoms with Gasteiger partial charge in [0, 0.05) is 12.8 Å². The maximum atomic E-state index is 11.7. The van der Waals surface area contributed by atoms with Gasteiger partial charge < -0.3 is 19.1 Å². The number of phosphoric acid groups is 1. The lowest BCUT2D eigenvalue weighted by Gasteiger charge is -2.08. The second-order valence-corrected chi connectivity index (χ2v) is 9.66. The smallest absolute Gasteiger partial charge is 0.463 e. The molecule has 3 heterocycles. The minimum absolute atomic E-state index is 0.0306. The molecule has 3 saturated heterocycles. The van der Waals surface area contributed by atoms with Crippen molar-refractivity contribution in [1.82, 2.24) is 0 Å². The molecule has 0 amide bonds. The molecular weight excluding hydrogens is 411 g/mol. The van der Waals surface area contributed by atoms with Crippen molar-refractivity contribution in [2.45, 2.75) is 102 Å². The van der Waals surface area contributed by atoms with Crippen molar-refractivity contribution < 1.29 is 37.5 Å². The van der Waals surface area contributed by atoms with Crippen molar-refractivity contribution in [3.8, 4) is 0 Å². The van der Waals surface area contributed by atoms with Gasteiger partial charge in [-0.3, -0.25) is 13.8 Å². The fourth-order valence-corrected chi connectivity index (χ4v) is 4.68. The molecular formula is C21H35O8P. The molecule has 3 aliphatic rings. The summed E-state index contributed by atoms with van der Waals surface area (Å²) in [7, 11) is -3.92. The molecule has 0 aromatic rings. The van der Waals surface area contributed by atoms with Gasteiger partial charge >= 0.3 is 13.8 Å². The van der Waals surface area contributed by atoms with Crippen LogP contribution in [0.4, 0.5) is 0 Å². The number of phosphoric ester groups is 1. The third kappa shape index (κ3) is 8.77. The molecule has 3 rings (SSSR count). The number of hydrogen-bond donors (Lipinski definition) is 1. The van der Waals surface area contributed by atoms with E-state index in [-0.39, 0.29) is 19.2 Å². The first-order valence-corrected chi connectivity index (χ1v) is 12.7. The van der Waals surface area contributed by atoms with E-state index in [1.807, 2.05) is 0 Å². The van der Waals surface area contributed by atoms with E-state index in [2.05, 4.69) is 23.6 Å². The molecule has 0 saturated carbocycles. The van der Waals surface area contributed by atoms with E-state index in [0.29, 0.717) is 30.8 Å². The Balaban J connectivity index is 1.09. The van der Waals surface area contributed by atoms with Crippen molar-refractivity contribution in [3.63, 3.8) is 0 Å². The monoisotopic (exact) mass is 446 g/mol. The Morgan fingerprint density at radius 3 is 2.57 bits per heavy atom. The maximum absolute atomic E-state index is 11.7. The van der Waals surface area contributed by atoms with E-state index in [9.17, 15) is 9.36 Å². The van der Waals surface area contributed by atoms with Crippen molar-refractivity contribution >= 4 is 13.8 Å². The largest absolute Gasteiger partial charge is 0.472 e. The predicted molar refractivity (Wildman–Crippen MR) is 110 cm³/mol. The van der Waals surface area contributed by atoms with Gasteiger partial charge in [-0.05, 0) is 25.7 Å². The normalized spacial score (nSPS) is 35.1. The minimum atomic E-state index is -3.92. The summed E-state index contributed by atoms with van der Waals surface area (Å²) in [6, 6.07) is 0. The van der Waals surface area contributed by atoms with Crippen LogP contribution < -0.4 is 0 Å². The van der Waals surface area contributed by atoms with Crippen LogP contribution in [0.15, 0.2) is 12.2 Å². The summed E-state index contributed by atoms with van der Waals surface area (Å²) in [6.07, 6.45) is 15.1. The van der Waals surface area contributed by atoms with Crippen LogP contribution in [-0.4, -0.2) is 54.6 Å². The molecule has 172 valence electrons. The lowest BCUT2D eigenvalue weighted by molar-refractivity contribution is -0.146. The number of carbonyl (C=O) groups is 1. The van der Waals surface area contributed by atoms with Gasteiger partial charge in [0.15, 0.2) is 0 Å². The second kappa shape index (κ2) is 11.7. The van der Waals surface area contributed by atoms with Gasteiger partial charge in [-0.15, -0.1) is 0 Å². The summed E-state index contributed by atoms with van der Waals surface area (Å²) in [5, 5.41) is 0. The zero-order valence-electron chi connectivity index (χ0n) is 17.8. The van der Waals surface area contributed by atoms with Crippen LogP contribution in [0.1, 0.15) is 71.1 Å². The van der Waals surface area contributed by atoms with E-state index in [0.717, 1.165) is 57.8 Å². The molecule has 3 aliphatic heterocycles. The van der Waals surface area contributed by atoms with E-state index in [1.165, 1.54) is 0 Å². The number of epoxide rings is 2. The fraction of sp³-hybridized carbons (Fsp3) is 0.857. The Bertz CT molecular complexity index is 624. The molecule has 6 unspecified atom stereocenters. The quantitative estimate of drug-likeness (QED) is 0.132. The van der Waals surface area contributed by atoms with E-state index >= 15 is 0 Å². The molecule has 0 aromatic carbocycles. The Labute approximate surface area is 178 Å². The van der Waals surface area contributed by atoms with E-state index < -0.39 is 13.9 Å². The zero-order valence-corrected chi connectivity index (χ0v) is 18.7. The fourth-order valence-electron chi connectivity index (χ4n) is 3.77. The van der Waals surface area contributed by atoms with Crippen LogP contribution in [0.3, 0.4) is 0 Å². The first kappa shape index (κ1) is 23.9. The molecule has 6 atom stereocenters. The van der Waals surface area contributed by atoms with Crippen molar-refractivity contribution in [2.75, 3.05) is 13.2 Å². The molecule has 8 nitrogen and oxygen atoms in total. The number of unbranched alkanes of at least 4 members (excludes halogenated alkanes) is 4. The van der Waals surface area contributed by atoms with Gasteiger partial charge in [-0.2, -0.15) is 0 Å². The van der Waals surface area contributed by atoms with Gasteiger partial charge in [-0.1, -0.05) is 44.8 Å². The number of hydrogen-bond acceptors (Lipinski definition) is 7. The summed E-state index contributed by atoms with van der Waals surface area (Å²) in [6.45, 7) is 2.06. The highest BCUT2D eigenvalue weighted by Gasteiger charge is 2.47. The van der Waals surface area contributed by atoms with Gasteiger partial charge in [0.05, 0.1) is 31.0 Å². The van der Waals surface area contributed by atoms with Gasteiger partial charge in [0.1, 0.15) is 12.7 Å². The standard InChI is InChI=1S/C21H35O8P/c1-2-3-7-10-17-19(27-17)13-20-18(28-20)11-8-5-4-6-9-12-21(22)25-14-16-15-26-30(23,24)29-16/h3,7,16-20H,2,4-6,8-15H2,1H3,(H,23,24)/b7-3-. The zero-order chi connectivity index (χ0) is 21.4. The predicted octanol–water partition coefficient (Wildman–Crippen LogP) is 4.06. The van der Waals surface area contributed by atoms with Crippen LogP contribution in [0.25, 0.3) is 0 Å². The van der Waals surface area contributed by atoms with Gasteiger partial charge in [0.25, 0.3) is 0 Å². The summed E-state index contributed by atoms with van der Waals surface area (Å²) in [5.74, 6) is -0.307. The van der Waals surface area contributed by atoms with Crippen LogP contribution >= 0.6 is 7.82 Å². The molecule has 0 radical (unpaired) electrons. The molecule has 0 aromatic heterocycles. The Morgan fingerprint density at radius 2 is 1.80 bits per heavy atom. The number of esters is 1. The van der Waals surface area contributed by atoms with Crippen LogP contribution in [0, 0.1) is 0 Å². The maximum Gasteiger partial charge on any atom is 0.472 e. The van der Waals surface area contributed by atoms with Crippen LogP contribution in [0.5, 0.6) is 0 Å². The molecule has 0 aliphatic carbocycles. The molecule has 0 spiro atoms. The second-order valence-electron chi connectivity index (χ2n) is 8.26. The highest BCUT2D eigenvalue weighted by molar-refractivity contribution is 7.47. The summed E-state index contributed by atoms with van der Waals surface area (Å²) < 4.78 is 36.9. The Kier molecular flexibility index (Phi) is 9.35. The lowest BCUT2D eigenvalue weighted by atomic mass is 10.0. The summed E-state index contributed by atoms with van der Waals surface area (Å²) in [4.78, 5) is 20.8. The van der Waals surface area contributed by atoms with Crippen molar-refractivity contribution in [1.29, 1.82) is 0 Å². The third-order valence-electron chi connectivity index (χ3n) is 5.62. The number of rotatable bonds is 15. The lowest BCUT2D eigenvalue weighted by Crippen LogP contribution is -2.20. The highest BCUT2D eigenvalue weighted by Crippen LogP contribution is 2.49. The average molecular weight is 446 g/mol. The first-order chi connectivity index (χ1) is 14.5. The molecule has 9 heteroatoms. The number of allylic oxidation sites excluding steroid dienone is 1. The minimum Gasteiger partial charge on any atom is -0.463 e. The number of ether oxygens (including phenoxy) is 3. The van der Waals surface area contributed by atoms with E-state index in [4.69, 9.17) is 23.6 Å². The van der Waals surface area contributed by atoms with Gasteiger partial charge in [0.2, 0.25) is 0 Å². The highest BCUT2D eigenvalue weighted by atomic mass is 31.2. The number of carbonyl (C=O) groups excluding carboxylic acids is 1. The van der Waals surface area contributed by atoms with Crippen molar-refractivity contribution in [3.05, 3.63) is 12.2 Å². The molecule has 30 heavy (non-hydrogen) atoms. The third-order valence-corrected chi connectivity index (χ3v) is 6.66. The van der Waals surface area contributed by atoms with E-state index in [1.54, 1.807) is 0 Å². The average Bonchev–Trinajstić information content (AvgIpc) is 3.60. The topological polar surface area (TPSA) is 107 Å². The SMILES string of the molecule is CC/C=C\CC1OC1CC1OC1CCCCCCCC(=O)OCC1COP(=O)(O)O1. The van der Waals surface area contributed by atoms with Crippen LogP contribution in [0.2, 0.25) is 0 Å². The summed E-state index contributed by atoms with van der Waals surface area (Å²) in [5.41, 5.74) is 0. The van der Waals surface area contributed by atoms with Crippen LogP contribution in [-0.2, 0) is 32.6 Å². The molecule has 3 fully saturated rings. The Morgan fingerprint density at radius 1 is 1.07 bits per heavy atom. The van der Waals surface area contributed by atoms with Crippen molar-refractivity contribution in [2.24, 2.45) is 0 Å². The molecule has 0 bridgehead atoms. The van der Waals surface area contributed by atoms with Gasteiger partial charge in [-0.25, -0.2) is 4.57 Å². The summed E-state index contributed by atoms with van der Waals surface area (Å²) >= 11 is 0. The first-order valence-electron chi connectivity index (χ1n) is 11.2. The Hall–Kier alpha value is -0.760. The molecule has 1 N–H and O–H groups in total.